The second kappa shape index (κ2) is 6.04. The van der Waals surface area contributed by atoms with Crippen LogP contribution in [0.15, 0.2) is 18.2 Å². The molecule has 2 rings (SSSR count). The summed E-state index contributed by atoms with van der Waals surface area (Å²) in [6.07, 6.45) is 0.0381. The van der Waals surface area contributed by atoms with Gasteiger partial charge in [-0.15, -0.1) is 0 Å². The summed E-state index contributed by atoms with van der Waals surface area (Å²) < 4.78 is 11.3. The van der Waals surface area contributed by atoms with Gasteiger partial charge in [-0.3, -0.25) is 4.79 Å². The Morgan fingerprint density at radius 3 is 3.05 bits per heavy atom. The van der Waals surface area contributed by atoms with Gasteiger partial charge in [0.2, 0.25) is 0 Å². The van der Waals surface area contributed by atoms with E-state index in [4.69, 9.17) is 15.2 Å². The van der Waals surface area contributed by atoms with Gasteiger partial charge in [-0.2, -0.15) is 0 Å². The number of benzene rings is 1. The molecule has 0 amide bonds. The molecular formula is C14H20N2O3. The van der Waals surface area contributed by atoms with Crippen LogP contribution in [0.25, 0.3) is 0 Å². The van der Waals surface area contributed by atoms with Crippen LogP contribution in [0, 0.1) is 0 Å². The molecule has 1 aliphatic rings. The summed E-state index contributed by atoms with van der Waals surface area (Å²) in [5, 5.41) is 0. The smallest absolute Gasteiger partial charge is 0.163 e. The Morgan fingerprint density at radius 1 is 1.58 bits per heavy atom. The highest BCUT2D eigenvalue weighted by atomic mass is 16.5. The van der Waals surface area contributed by atoms with Crippen LogP contribution in [-0.2, 0) is 4.74 Å². The first-order valence-corrected chi connectivity index (χ1v) is 6.39. The number of carbonyl (C=O) groups excluding carboxylic acids is 1. The average Bonchev–Trinajstić information content (AvgIpc) is 2.37. The normalized spacial score (nSPS) is 20.2. The zero-order valence-corrected chi connectivity index (χ0v) is 11.4. The minimum Gasteiger partial charge on any atom is -0.490 e. The summed E-state index contributed by atoms with van der Waals surface area (Å²) in [7, 11) is 2.06. The van der Waals surface area contributed by atoms with Gasteiger partial charge in [-0.25, -0.2) is 0 Å². The highest BCUT2D eigenvalue weighted by molar-refractivity contribution is 5.97. The summed E-state index contributed by atoms with van der Waals surface area (Å²) >= 11 is 0. The molecule has 1 unspecified atom stereocenters. The number of nitrogen functional groups attached to an aromatic ring is 1. The van der Waals surface area contributed by atoms with Crippen LogP contribution >= 0.6 is 0 Å². The molecule has 1 heterocycles. The number of rotatable bonds is 4. The second-order valence-electron chi connectivity index (χ2n) is 4.88. The molecule has 1 aliphatic heterocycles. The summed E-state index contributed by atoms with van der Waals surface area (Å²) in [4.78, 5) is 13.7. The topological polar surface area (TPSA) is 64.8 Å². The van der Waals surface area contributed by atoms with Gasteiger partial charge in [0.15, 0.2) is 5.78 Å². The average molecular weight is 264 g/mol. The van der Waals surface area contributed by atoms with E-state index in [1.165, 1.54) is 6.92 Å². The summed E-state index contributed by atoms with van der Waals surface area (Å²) in [6, 6.07) is 5.11. The third kappa shape index (κ3) is 3.68. The number of hydrogen-bond donors (Lipinski definition) is 1. The van der Waals surface area contributed by atoms with Crippen LogP contribution in [0.3, 0.4) is 0 Å². The molecule has 0 radical (unpaired) electrons. The molecular weight excluding hydrogens is 244 g/mol. The minimum absolute atomic E-state index is 0.0381. The van der Waals surface area contributed by atoms with Gasteiger partial charge in [-0.05, 0) is 32.2 Å². The lowest BCUT2D eigenvalue weighted by atomic mass is 10.1. The molecule has 5 heteroatoms. The van der Waals surface area contributed by atoms with E-state index in [0.717, 1.165) is 13.1 Å². The Morgan fingerprint density at radius 2 is 2.37 bits per heavy atom. The number of morpholine rings is 1. The van der Waals surface area contributed by atoms with Gasteiger partial charge < -0.3 is 20.1 Å². The van der Waals surface area contributed by atoms with Crippen molar-refractivity contribution in [2.75, 3.05) is 39.1 Å². The van der Waals surface area contributed by atoms with Gasteiger partial charge in [0.1, 0.15) is 18.5 Å². The van der Waals surface area contributed by atoms with Gasteiger partial charge in [0, 0.05) is 18.8 Å². The van der Waals surface area contributed by atoms with Crippen molar-refractivity contribution in [1.82, 2.24) is 4.90 Å². The molecule has 104 valence electrons. The maximum atomic E-state index is 11.5. The second-order valence-corrected chi connectivity index (χ2v) is 4.88. The van der Waals surface area contributed by atoms with E-state index in [1.54, 1.807) is 18.2 Å². The number of ketones is 1. The predicted molar refractivity (Wildman–Crippen MR) is 73.6 cm³/mol. The molecule has 0 bridgehead atoms. The molecule has 1 atom stereocenters. The number of anilines is 1. The van der Waals surface area contributed by atoms with E-state index in [1.807, 2.05) is 0 Å². The van der Waals surface area contributed by atoms with Crippen LogP contribution < -0.4 is 10.5 Å². The number of Topliss-reactive ketones (excluding diaryl/α,β-unsaturated/α-hetero) is 1. The molecule has 0 aromatic heterocycles. The van der Waals surface area contributed by atoms with Crippen molar-refractivity contribution in [3.63, 3.8) is 0 Å². The quantitative estimate of drug-likeness (QED) is 0.653. The third-order valence-corrected chi connectivity index (χ3v) is 3.15. The monoisotopic (exact) mass is 264 g/mol. The molecule has 1 aromatic carbocycles. The van der Waals surface area contributed by atoms with E-state index >= 15 is 0 Å². The Kier molecular flexibility index (Phi) is 4.39. The van der Waals surface area contributed by atoms with E-state index in [9.17, 15) is 4.79 Å². The molecule has 0 aliphatic carbocycles. The van der Waals surface area contributed by atoms with E-state index in [2.05, 4.69) is 11.9 Å². The first kappa shape index (κ1) is 13.8. The van der Waals surface area contributed by atoms with Crippen LogP contribution in [0.5, 0.6) is 5.75 Å². The molecule has 1 saturated heterocycles. The largest absolute Gasteiger partial charge is 0.490 e. The third-order valence-electron chi connectivity index (χ3n) is 3.15. The van der Waals surface area contributed by atoms with E-state index < -0.39 is 0 Å². The summed E-state index contributed by atoms with van der Waals surface area (Å²) in [6.45, 7) is 4.44. The summed E-state index contributed by atoms with van der Waals surface area (Å²) in [5.41, 5.74) is 6.76. The standard InChI is InChI=1S/C14H20N2O3/c1-10(17)13-7-11(15)3-4-14(13)19-9-12-8-16(2)5-6-18-12/h3-4,7,12H,5-6,8-9,15H2,1-2H3. The Bertz CT molecular complexity index is 462. The highest BCUT2D eigenvalue weighted by Crippen LogP contribution is 2.22. The lowest BCUT2D eigenvalue weighted by molar-refractivity contribution is -0.0404. The maximum absolute atomic E-state index is 11.5. The first-order chi connectivity index (χ1) is 9.06. The fraction of sp³-hybridized carbons (Fsp3) is 0.500. The lowest BCUT2D eigenvalue weighted by Gasteiger charge is -2.30. The van der Waals surface area contributed by atoms with Crippen molar-refractivity contribution in [3.8, 4) is 5.75 Å². The summed E-state index contributed by atoms with van der Waals surface area (Å²) in [5.74, 6) is 0.516. The van der Waals surface area contributed by atoms with Crippen LogP contribution in [0.1, 0.15) is 17.3 Å². The fourth-order valence-electron chi connectivity index (χ4n) is 2.10. The zero-order chi connectivity index (χ0) is 13.8. The van der Waals surface area contributed by atoms with Crippen molar-refractivity contribution in [1.29, 1.82) is 0 Å². The zero-order valence-electron chi connectivity index (χ0n) is 11.4. The SMILES string of the molecule is CC(=O)c1cc(N)ccc1OCC1CN(C)CCO1. The fourth-order valence-corrected chi connectivity index (χ4v) is 2.10. The van der Waals surface area contributed by atoms with E-state index in [0.29, 0.717) is 30.2 Å². The Labute approximate surface area is 113 Å². The molecule has 1 fully saturated rings. The first-order valence-electron chi connectivity index (χ1n) is 6.39. The Hall–Kier alpha value is -1.59. The van der Waals surface area contributed by atoms with Crippen molar-refractivity contribution < 1.29 is 14.3 Å². The van der Waals surface area contributed by atoms with Gasteiger partial charge >= 0.3 is 0 Å². The van der Waals surface area contributed by atoms with Gasteiger partial charge in [-0.1, -0.05) is 0 Å². The van der Waals surface area contributed by atoms with Crippen molar-refractivity contribution in [3.05, 3.63) is 23.8 Å². The predicted octanol–water partition coefficient (Wildman–Crippen LogP) is 1.18. The number of hydrogen-bond acceptors (Lipinski definition) is 5. The number of nitrogens with zero attached hydrogens (tertiary/aromatic N) is 1. The number of ether oxygens (including phenoxy) is 2. The van der Waals surface area contributed by atoms with Crippen molar-refractivity contribution >= 4 is 11.5 Å². The number of nitrogens with two attached hydrogens (primary N) is 1. The number of carbonyl (C=O) groups is 1. The van der Waals surface area contributed by atoms with Gasteiger partial charge in [0.05, 0.1) is 12.2 Å². The van der Waals surface area contributed by atoms with E-state index in [-0.39, 0.29) is 11.9 Å². The van der Waals surface area contributed by atoms with Crippen molar-refractivity contribution in [2.45, 2.75) is 13.0 Å². The molecule has 0 spiro atoms. The Balaban J connectivity index is 2.01. The highest BCUT2D eigenvalue weighted by Gasteiger charge is 2.19. The van der Waals surface area contributed by atoms with Crippen LogP contribution in [0.4, 0.5) is 5.69 Å². The molecule has 5 nitrogen and oxygen atoms in total. The van der Waals surface area contributed by atoms with Crippen LogP contribution in [-0.4, -0.2) is 50.1 Å². The van der Waals surface area contributed by atoms with Crippen LogP contribution in [0.2, 0.25) is 0 Å². The molecule has 1 aromatic rings. The number of likely N-dealkylation sites (N-methyl/N-ethyl adjacent to an activating group) is 1. The lowest BCUT2D eigenvalue weighted by Crippen LogP contribution is -2.42. The minimum atomic E-state index is -0.0519. The molecule has 19 heavy (non-hydrogen) atoms. The van der Waals surface area contributed by atoms with Gasteiger partial charge in [0.25, 0.3) is 0 Å². The molecule has 2 N–H and O–H groups in total. The van der Waals surface area contributed by atoms with Crippen molar-refractivity contribution in [2.24, 2.45) is 0 Å². The molecule has 0 saturated carbocycles. The maximum Gasteiger partial charge on any atom is 0.163 e.